The van der Waals surface area contributed by atoms with E-state index in [-0.39, 0.29) is 63.7 Å². The summed E-state index contributed by atoms with van der Waals surface area (Å²) in [7, 11) is 1.48. The second-order valence-electron chi connectivity index (χ2n) is 31.0. The number of phenols is 3. The van der Waals surface area contributed by atoms with E-state index in [9.17, 15) is 65.1 Å². The number of nitrogens with zero attached hydrogens (tertiary/aromatic N) is 1. The lowest BCUT2D eigenvalue weighted by Gasteiger charge is -2.48. The zero-order chi connectivity index (χ0) is 88.5. The number of nitrogens with two attached hydrogens (primary N) is 1. The second kappa shape index (κ2) is 37.5. The molecule has 9 unspecified atom stereocenters. The van der Waals surface area contributed by atoms with E-state index >= 15 is 24.0 Å². The van der Waals surface area contributed by atoms with Gasteiger partial charge in [0.1, 0.15) is 83.4 Å². The monoisotopic (exact) mass is 1770 g/mol. The molecule has 650 valence electrons. The van der Waals surface area contributed by atoms with E-state index in [4.69, 9.17) is 69.0 Å². The van der Waals surface area contributed by atoms with E-state index in [0.717, 1.165) is 95.2 Å². The summed E-state index contributed by atoms with van der Waals surface area (Å²) in [6.45, 7) is 8.71. The molecule has 1 aromatic heterocycles. The average molecular weight is 1770 g/mol. The lowest BCUT2D eigenvalue weighted by molar-refractivity contribution is -0.330. The van der Waals surface area contributed by atoms with Crippen molar-refractivity contribution in [3.8, 4) is 68.2 Å². The number of aliphatic hydroxyl groups excluding tert-OH is 5. The number of hydrogen-bond acceptors (Lipinski definition) is 27. The number of halogens is 3. The van der Waals surface area contributed by atoms with Crippen LogP contribution in [-0.2, 0) is 59.1 Å². The normalized spacial score (nSPS) is 26.2. The van der Waals surface area contributed by atoms with Crippen molar-refractivity contribution in [2.24, 2.45) is 11.7 Å². The Morgan fingerprint density at radius 1 is 0.683 bits per heavy atom. The molecule has 123 heavy (non-hydrogen) atoms. The fourth-order valence-electron chi connectivity index (χ4n) is 15.2. The Kier molecular flexibility index (Phi) is 27.3. The van der Waals surface area contributed by atoms with Crippen molar-refractivity contribution in [2.45, 2.75) is 175 Å². The van der Waals surface area contributed by atoms with Gasteiger partial charge in [0.2, 0.25) is 53.4 Å². The highest BCUT2D eigenvalue weighted by Gasteiger charge is 2.53. The number of amides is 7. The van der Waals surface area contributed by atoms with Gasteiger partial charge >= 0.3 is 5.97 Å². The molecule has 7 aromatic carbocycles. The molecule has 2 fully saturated rings. The molecule has 18 atom stereocenters. The summed E-state index contributed by atoms with van der Waals surface area (Å²) in [4.78, 5) is 139. The number of ether oxygens (including phenoxy) is 6. The maximum Gasteiger partial charge on any atom is 0.330 e. The molecule has 39 heteroatoms. The number of likely N-dealkylation sites (N-methyl/N-ethyl adjacent to an activating group) is 1. The number of carboxylic acid groups (broad SMARTS) is 1. The van der Waals surface area contributed by atoms with Crippen molar-refractivity contribution in [3.63, 3.8) is 0 Å². The van der Waals surface area contributed by atoms with E-state index < -0.39 is 236 Å². The van der Waals surface area contributed by atoms with Gasteiger partial charge in [0.15, 0.2) is 35.1 Å². The van der Waals surface area contributed by atoms with Crippen LogP contribution in [0.3, 0.4) is 0 Å². The Morgan fingerprint density at radius 2 is 1.30 bits per heavy atom. The summed E-state index contributed by atoms with van der Waals surface area (Å²) in [6, 6.07) is 15.5. The van der Waals surface area contributed by atoms with Crippen LogP contribution in [0.2, 0.25) is 15.1 Å². The van der Waals surface area contributed by atoms with Gasteiger partial charge in [0.05, 0.1) is 40.8 Å². The molecule has 7 aliphatic heterocycles. The van der Waals surface area contributed by atoms with E-state index in [1.807, 2.05) is 50.2 Å². The van der Waals surface area contributed by atoms with Gasteiger partial charge < -0.3 is 128 Å². The minimum atomic E-state index is -2.38. The molecule has 15 rings (SSSR count). The van der Waals surface area contributed by atoms with Crippen molar-refractivity contribution in [1.82, 2.24) is 52.5 Å². The van der Waals surface area contributed by atoms with Crippen LogP contribution >= 0.6 is 46.6 Å². The van der Waals surface area contributed by atoms with Crippen molar-refractivity contribution in [2.75, 3.05) is 12.8 Å². The molecule has 8 heterocycles. The van der Waals surface area contributed by atoms with Crippen LogP contribution in [0, 0.1) is 12.8 Å². The number of aromatic amines is 1. The van der Waals surface area contributed by atoms with Crippen LogP contribution < -0.4 is 68.0 Å². The highest BCUT2D eigenvalue weighted by atomic mass is 35.5. The maximum absolute atomic E-state index is 16.4. The number of nitrogens with one attached hydrogen (secondary N) is 9. The number of phenolic OH excluding ortho intramolecular Hbond substituents is 3. The predicted octanol–water partition coefficient (Wildman–Crippen LogP) is 5.45. The second-order valence-corrected chi connectivity index (χ2v) is 33.3. The molecule has 11 bridgehead atoms. The first-order chi connectivity index (χ1) is 58.4. The van der Waals surface area contributed by atoms with Crippen LogP contribution in [0.1, 0.15) is 116 Å². The number of aromatic nitrogens is 2. The number of aliphatic hydroxyl groups is 5. The summed E-state index contributed by atoms with van der Waals surface area (Å²) in [5.41, 5.74) is 4.07. The fourth-order valence-corrected chi connectivity index (χ4v) is 16.7. The van der Waals surface area contributed by atoms with E-state index in [1.54, 1.807) is 32.9 Å². The highest BCUT2D eigenvalue weighted by molar-refractivity contribution is 7.99. The lowest BCUT2D eigenvalue weighted by atomic mass is 9.84. The van der Waals surface area contributed by atoms with E-state index in [1.165, 1.54) is 25.2 Å². The zero-order valence-electron chi connectivity index (χ0n) is 66.3. The third-order valence-corrected chi connectivity index (χ3v) is 23.4. The molecule has 0 radical (unpaired) electrons. The van der Waals surface area contributed by atoms with Gasteiger partial charge in [-0.25, -0.2) is 9.78 Å². The number of aromatic hydroxyl groups is 3. The maximum atomic E-state index is 16.4. The third kappa shape index (κ3) is 20.0. The van der Waals surface area contributed by atoms with Crippen LogP contribution in [0.15, 0.2) is 143 Å². The molecule has 2 saturated heterocycles. The number of carboxylic acids is 1. The number of thioether (sulfide) groups is 1. The first-order valence-electron chi connectivity index (χ1n) is 38.8. The summed E-state index contributed by atoms with van der Waals surface area (Å²) >= 11 is 21.5. The Labute approximate surface area is 720 Å². The highest BCUT2D eigenvalue weighted by Crippen LogP contribution is 2.50. The molecule has 7 amide bonds. The van der Waals surface area contributed by atoms with Gasteiger partial charge in [0, 0.05) is 63.8 Å². The number of rotatable bonds is 19. The largest absolute Gasteiger partial charge is 0.508 e. The molecular weight excluding hydrogens is 1690 g/mol. The van der Waals surface area contributed by atoms with Gasteiger partial charge in [0.25, 0.3) is 5.56 Å². The van der Waals surface area contributed by atoms with Gasteiger partial charge in [-0.15, -0.1) is 0 Å². The topological polar surface area (TPSA) is 542 Å². The molecule has 20 N–H and O–H groups in total. The summed E-state index contributed by atoms with van der Waals surface area (Å²) in [5.74, 6) is -16.4. The quantitative estimate of drug-likeness (QED) is 0.0353. The molecule has 7 aliphatic rings. The standard InChI is InChI=1S/C84H88Cl3N11O24S/c1-34(2)21-50(89-6)75(109)97-66-68(104)41-14-19-54(48(86)24-41)118-56-26-43-27-57(72(56)122-82-73(71(107)70(106)58(120-82)33-123-83-91-35(3)22-60(103)93-83)121-61-31-84(5,74(108)36(4)117-61)90-32-37-7-9-38(10-8-37)39-11-16-44(85)17-12-39)119-55-20-15-42(25-49(55)87)69(105)67-80(114)96-65(81(115)116)47-28-45(99)29-53(101)62(47)46-23-40(13-18-52(46)100)63(77(111)98-67)95-78(112)64(43)94-76(110)51(30-59(88)102)92-79(66)113/h7-20,22-29,34,36,50-51,58,61,63-71,73-74,82,89-90,99-101,104-108H,21,30-33H2,1-6H3,(H2,88,102)(H,92,113)(H,94,110)(H,95,112)(H,96,114)(H,97,109)(H,98,111)(H,115,116)(H,91,93,103)/t36?,50-,51-,58?,61?,63+,64+,65+,66+,67-,68+,69+,70?,71?,73?,74?,82?,84?/m0/s1. The number of H-pyrrole nitrogens is 1. The van der Waals surface area contributed by atoms with E-state index in [0.29, 0.717) is 10.7 Å². The Balaban J connectivity index is 1.00. The summed E-state index contributed by atoms with van der Waals surface area (Å²) < 4.78 is 40.6. The SMILES string of the molecule is CN[C@@H](CC(C)C)C(=O)N[C@H]1C(=O)N[C@@H](CC(N)=O)C(=O)N[C@H]2C(=O)N[C@H]3C(=O)N[C@H](C(=O)N[C@@H](C(=O)O)c4cc(O)cc(O)c4-c4cc3ccc4O)[C@H](O)c3ccc(c(Cl)c3)Oc3cc2cc(c3OC2OC(CSc3nc(C)cc(=O)[nH]3)C(O)C(O)C2OC2CC(C)(NCc3ccc(-c4ccc(Cl)cc4)cc3)C(O)C(C)O2)Oc2ccc(cc2Cl)[C@H]1O. The Hall–Kier alpha value is -11.2. The Morgan fingerprint density at radius 3 is 1.92 bits per heavy atom. The average Bonchev–Trinajstić information content (AvgIpc) is 0.766. The van der Waals surface area contributed by atoms with Gasteiger partial charge in [-0.3, -0.25) is 38.4 Å². The van der Waals surface area contributed by atoms with Crippen molar-refractivity contribution < 1.29 is 113 Å². The first-order valence-corrected chi connectivity index (χ1v) is 40.9. The molecule has 8 aromatic rings. The van der Waals surface area contributed by atoms with Gasteiger partial charge in [-0.2, -0.15) is 0 Å². The molecule has 0 aliphatic carbocycles. The first kappa shape index (κ1) is 89.6. The predicted molar refractivity (Wildman–Crippen MR) is 442 cm³/mol. The minimum Gasteiger partial charge on any atom is -0.508 e. The molecule has 35 nitrogen and oxygen atoms in total. The van der Waals surface area contributed by atoms with Crippen molar-refractivity contribution in [3.05, 3.63) is 198 Å². The van der Waals surface area contributed by atoms with Crippen LogP contribution in [0.4, 0.5) is 0 Å². The van der Waals surface area contributed by atoms with Gasteiger partial charge in [-0.05, 0) is 146 Å². The Bertz CT molecular complexity index is 5470. The zero-order valence-corrected chi connectivity index (χ0v) is 69.4. The number of primary amides is 1. The van der Waals surface area contributed by atoms with Crippen LogP contribution in [0.5, 0.6) is 46.0 Å². The number of fused-ring (bicyclic) bond motifs is 15. The fraction of sp³-hybridized carbons (Fsp3) is 0.357. The molecule has 0 saturated carbocycles. The molecular formula is C84H88Cl3N11O24S. The third-order valence-electron chi connectivity index (χ3n) is 21.6. The van der Waals surface area contributed by atoms with Crippen LogP contribution in [-0.4, -0.2) is 195 Å². The number of carbonyl (C=O) groups is 8. The summed E-state index contributed by atoms with van der Waals surface area (Å²) in [5, 5.41) is 128. The number of benzene rings is 7. The smallest absolute Gasteiger partial charge is 0.330 e. The van der Waals surface area contributed by atoms with E-state index in [2.05, 4.69) is 52.5 Å². The van der Waals surface area contributed by atoms with Crippen molar-refractivity contribution >= 4 is 93.9 Å². The number of hydrogen-bond donors (Lipinski definition) is 19. The molecule has 0 spiro atoms. The van der Waals surface area contributed by atoms with Gasteiger partial charge in [-0.1, -0.05) is 115 Å². The number of aliphatic carboxylic acids is 1. The number of aryl methyl sites for hydroxylation is 1. The summed E-state index contributed by atoms with van der Waals surface area (Å²) in [6.07, 6.45) is -18.6. The lowest BCUT2D eigenvalue weighted by Crippen LogP contribution is -2.65. The number of carbonyl (C=O) groups excluding carboxylic acids is 7. The van der Waals surface area contributed by atoms with Crippen molar-refractivity contribution in [1.29, 1.82) is 0 Å². The van der Waals surface area contributed by atoms with Crippen LogP contribution in [0.25, 0.3) is 22.3 Å². The minimum absolute atomic E-state index is 0.0594.